The Morgan fingerprint density at radius 2 is 1.78 bits per heavy atom. The molecular weight excluding hydrogens is 406 g/mol. The number of rotatable bonds is 7. The van der Waals surface area contributed by atoms with Crippen molar-refractivity contribution < 1.29 is 9.53 Å². The van der Waals surface area contributed by atoms with Crippen LogP contribution in [-0.2, 0) is 17.6 Å². The molecule has 9 heteroatoms. The molecule has 3 heterocycles. The van der Waals surface area contributed by atoms with Gasteiger partial charge in [0.15, 0.2) is 0 Å². The van der Waals surface area contributed by atoms with Crippen molar-refractivity contribution in [3.63, 3.8) is 0 Å². The number of benzene rings is 1. The number of carbonyl (C=O) groups excluding carboxylic acids is 1. The number of carbonyl (C=O) groups is 1. The number of nitrogens with one attached hydrogen (secondary N) is 2. The summed E-state index contributed by atoms with van der Waals surface area (Å²) in [4.78, 5) is 28.3. The summed E-state index contributed by atoms with van der Waals surface area (Å²) in [6, 6.07) is 9.92. The maximum Gasteiger partial charge on any atom is 0.248 e. The van der Waals surface area contributed by atoms with E-state index in [2.05, 4.69) is 35.4 Å². The molecule has 32 heavy (non-hydrogen) atoms. The lowest BCUT2D eigenvalue weighted by Gasteiger charge is -2.31. The van der Waals surface area contributed by atoms with E-state index < -0.39 is 0 Å². The van der Waals surface area contributed by atoms with E-state index in [0.717, 1.165) is 61.3 Å². The molecule has 1 saturated heterocycles. The van der Waals surface area contributed by atoms with Crippen molar-refractivity contribution in [1.29, 1.82) is 0 Å². The van der Waals surface area contributed by atoms with Gasteiger partial charge in [-0.25, -0.2) is 9.97 Å². The molecule has 0 unspecified atom stereocenters. The Bertz CT molecular complexity index is 1040. The normalized spacial score (nSPS) is 14.4. The van der Waals surface area contributed by atoms with Gasteiger partial charge in [-0.15, -0.1) is 5.10 Å². The van der Waals surface area contributed by atoms with Crippen LogP contribution in [0.1, 0.15) is 35.6 Å². The largest absolute Gasteiger partial charge is 0.497 e. The zero-order valence-electron chi connectivity index (χ0n) is 18.8. The number of methoxy groups -OCH3 is 1. The number of ether oxygens (including phenoxy) is 1. The van der Waals surface area contributed by atoms with Crippen LogP contribution in [-0.4, -0.2) is 51.3 Å². The first-order chi connectivity index (χ1) is 15.5. The number of anilines is 2. The first-order valence-electron chi connectivity index (χ1n) is 10.9. The van der Waals surface area contributed by atoms with E-state index in [-0.39, 0.29) is 11.8 Å². The molecule has 1 aliphatic rings. The number of hydrogen-bond acceptors (Lipinski definition) is 7. The highest BCUT2D eigenvalue weighted by atomic mass is 16.5. The number of piperidine rings is 1. The second kappa shape index (κ2) is 9.76. The second-order valence-corrected chi connectivity index (χ2v) is 8.16. The molecule has 1 aliphatic heterocycles. The summed E-state index contributed by atoms with van der Waals surface area (Å²) in [7, 11) is 1.65. The molecule has 0 radical (unpaired) electrons. The monoisotopic (exact) mass is 435 g/mol. The number of amides is 1. The van der Waals surface area contributed by atoms with Crippen molar-refractivity contribution in [2.24, 2.45) is 5.92 Å². The number of aryl methyl sites for hydroxylation is 4. The average molecular weight is 436 g/mol. The van der Waals surface area contributed by atoms with Crippen LogP contribution in [0.3, 0.4) is 0 Å². The Balaban J connectivity index is 1.26. The third-order valence-electron chi connectivity index (χ3n) is 5.70. The zero-order chi connectivity index (χ0) is 22.5. The van der Waals surface area contributed by atoms with Crippen molar-refractivity contribution in [2.45, 2.75) is 39.5 Å². The molecule has 3 aromatic rings. The first-order valence-corrected chi connectivity index (χ1v) is 10.9. The van der Waals surface area contributed by atoms with Crippen molar-refractivity contribution in [3.05, 3.63) is 53.1 Å². The fourth-order valence-electron chi connectivity index (χ4n) is 3.92. The van der Waals surface area contributed by atoms with Crippen LogP contribution in [0.25, 0.3) is 0 Å². The number of aromatic nitrogens is 5. The molecule has 0 aliphatic carbocycles. The summed E-state index contributed by atoms with van der Waals surface area (Å²) in [6.45, 7) is 5.45. The van der Waals surface area contributed by atoms with Crippen molar-refractivity contribution >= 4 is 17.8 Å². The molecule has 0 spiro atoms. The Morgan fingerprint density at radius 3 is 2.44 bits per heavy atom. The minimum atomic E-state index is -0.0709. The van der Waals surface area contributed by atoms with Gasteiger partial charge in [0.25, 0.3) is 0 Å². The molecular formula is C23H29N7O2. The summed E-state index contributed by atoms with van der Waals surface area (Å²) in [6.07, 6.45) is 3.03. The van der Waals surface area contributed by atoms with Gasteiger partial charge in [0.1, 0.15) is 11.6 Å². The molecule has 2 N–H and O–H groups in total. The minimum absolute atomic E-state index is 0.0355. The van der Waals surface area contributed by atoms with Gasteiger partial charge in [0.2, 0.25) is 17.8 Å². The van der Waals surface area contributed by atoms with E-state index >= 15 is 0 Å². The number of H-pyrrole nitrogens is 1. The Labute approximate surface area is 187 Å². The molecule has 9 nitrogen and oxygen atoms in total. The fourth-order valence-corrected chi connectivity index (χ4v) is 3.92. The van der Waals surface area contributed by atoms with Gasteiger partial charge in [-0.05, 0) is 56.9 Å². The molecule has 0 atom stereocenters. The third kappa shape index (κ3) is 5.40. The highest BCUT2D eigenvalue weighted by Gasteiger charge is 2.27. The lowest BCUT2D eigenvalue weighted by Crippen LogP contribution is -2.39. The number of hydrogen-bond donors (Lipinski definition) is 2. The van der Waals surface area contributed by atoms with Crippen molar-refractivity contribution in [1.82, 2.24) is 25.1 Å². The Morgan fingerprint density at radius 1 is 1.09 bits per heavy atom. The van der Waals surface area contributed by atoms with Crippen LogP contribution in [0.4, 0.5) is 11.9 Å². The SMILES string of the molecule is COc1ccc(CCc2nc(NC(=O)C3CCN(c4nc(C)cc(C)n4)CC3)n[nH]2)cc1. The third-order valence-corrected chi connectivity index (χ3v) is 5.70. The highest BCUT2D eigenvalue weighted by Crippen LogP contribution is 2.22. The summed E-state index contributed by atoms with van der Waals surface area (Å²) in [5.41, 5.74) is 3.10. The average Bonchev–Trinajstić information content (AvgIpc) is 3.24. The van der Waals surface area contributed by atoms with E-state index in [9.17, 15) is 4.79 Å². The fraction of sp³-hybridized carbons (Fsp3) is 0.435. The van der Waals surface area contributed by atoms with Crippen LogP contribution < -0.4 is 15.0 Å². The molecule has 1 amide bonds. The van der Waals surface area contributed by atoms with Crippen LogP contribution in [0, 0.1) is 19.8 Å². The molecule has 4 rings (SSSR count). The van der Waals surface area contributed by atoms with Crippen LogP contribution >= 0.6 is 0 Å². The van der Waals surface area contributed by atoms with E-state index in [1.54, 1.807) is 7.11 Å². The molecule has 1 aromatic carbocycles. The van der Waals surface area contributed by atoms with E-state index in [0.29, 0.717) is 12.4 Å². The molecule has 0 bridgehead atoms. The second-order valence-electron chi connectivity index (χ2n) is 8.16. The van der Waals surface area contributed by atoms with Gasteiger partial charge in [-0.2, -0.15) is 4.98 Å². The summed E-state index contributed by atoms with van der Waals surface area (Å²) < 4.78 is 5.18. The maximum atomic E-state index is 12.7. The Kier molecular flexibility index (Phi) is 6.63. The summed E-state index contributed by atoms with van der Waals surface area (Å²) in [5.74, 6) is 2.56. The number of nitrogens with zero attached hydrogens (tertiary/aromatic N) is 5. The van der Waals surface area contributed by atoms with Gasteiger partial charge < -0.3 is 9.64 Å². The van der Waals surface area contributed by atoms with Gasteiger partial charge in [0, 0.05) is 36.8 Å². The lowest BCUT2D eigenvalue weighted by atomic mass is 9.96. The minimum Gasteiger partial charge on any atom is -0.497 e. The standard InChI is InChI=1S/C23H29N7O2/c1-15-14-16(2)25-23(24-15)30-12-10-18(11-13-30)21(31)27-22-26-20(28-29-22)9-6-17-4-7-19(32-3)8-5-17/h4-5,7-8,14,18H,6,9-13H2,1-3H3,(H2,26,27,28,29,31). The quantitative estimate of drug-likeness (QED) is 0.587. The molecule has 1 fully saturated rings. The zero-order valence-corrected chi connectivity index (χ0v) is 18.8. The van der Waals surface area contributed by atoms with E-state index in [1.165, 1.54) is 5.56 Å². The highest BCUT2D eigenvalue weighted by molar-refractivity contribution is 5.91. The molecule has 168 valence electrons. The van der Waals surface area contributed by atoms with Crippen molar-refractivity contribution in [2.75, 3.05) is 30.4 Å². The predicted molar refractivity (Wildman–Crippen MR) is 122 cm³/mol. The van der Waals surface area contributed by atoms with Gasteiger partial charge in [-0.1, -0.05) is 12.1 Å². The Hall–Kier alpha value is -3.49. The molecule has 0 saturated carbocycles. The van der Waals surface area contributed by atoms with Crippen LogP contribution in [0.5, 0.6) is 5.75 Å². The van der Waals surface area contributed by atoms with Crippen molar-refractivity contribution in [3.8, 4) is 5.75 Å². The van der Waals surface area contributed by atoms with E-state index in [4.69, 9.17) is 4.74 Å². The van der Waals surface area contributed by atoms with Gasteiger partial charge in [-0.3, -0.25) is 15.2 Å². The van der Waals surface area contributed by atoms with Gasteiger partial charge in [0.05, 0.1) is 7.11 Å². The summed E-state index contributed by atoms with van der Waals surface area (Å²) >= 11 is 0. The van der Waals surface area contributed by atoms with E-state index in [1.807, 2.05) is 44.2 Å². The topological polar surface area (TPSA) is 109 Å². The maximum absolute atomic E-state index is 12.7. The van der Waals surface area contributed by atoms with Crippen LogP contribution in [0.2, 0.25) is 0 Å². The molecule has 2 aromatic heterocycles. The first kappa shape index (κ1) is 21.7. The van der Waals surface area contributed by atoms with Crippen LogP contribution in [0.15, 0.2) is 30.3 Å². The predicted octanol–water partition coefficient (Wildman–Crippen LogP) is 2.86. The summed E-state index contributed by atoms with van der Waals surface area (Å²) in [5, 5.41) is 9.93. The van der Waals surface area contributed by atoms with Gasteiger partial charge >= 0.3 is 0 Å². The lowest BCUT2D eigenvalue weighted by molar-refractivity contribution is -0.120. The smallest absolute Gasteiger partial charge is 0.248 e. The number of aromatic amines is 1.